The van der Waals surface area contributed by atoms with Crippen molar-refractivity contribution in [3.63, 3.8) is 0 Å². The third-order valence-corrected chi connectivity index (χ3v) is 3.57. The first-order valence-corrected chi connectivity index (χ1v) is 8.04. The largest absolute Gasteiger partial charge is 0.469 e. The van der Waals surface area contributed by atoms with Crippen molar-refractivity contribution in [2.75, 3.05) is 18.9 Å². The Hall–Kier alpha value is -2.76. The van der Waals surface area contributed by atoms with E-state index in [4.69, 9.17) is 4.42 Å². The molecule has 2 rings (SSSR count). The highest BCUT2D eigenvalue weighted by Gasteiger charge is 2.04. The van der Waals surface area contributed by atoms with Crippen molar-refractivity contribution in [3.8, 4) is 0 Å². The lowest BCUT2D eigenvalue weighted by atomic mass is 10.1. The van der Waals surface area contributed by atoms with Crippen LogP contribution in [0.4, 0.5) is 10.5 Å². The molecule has 0 fully saturated rings. The van der Waals surface area contributed by atoms with Crippen LogP contribution >= 0.6 is 0 Å². The Morgan fingerprint density at radius 2 is 2.00 bits per heavy atom. The second-order valence-corrected chi connectivity index (χ2v) is 5.44. The third-order valence-electron chi connectivity index (χ3n) is 3.57. The number of carbonyl (C=O) groups excluding carboxylic acids is 2. The van der Waals surface area contributed by atoms with Crippen molar-refractivity contribution in [2.24, 2.45) is 0 Å². The van der Waals surface area contributed by atoms with Crippen molar-refractivity contribution < 1.29 is 14.0 Å². The number of benzene rings is 1. The molecule has 0 radical (unpaired) electrons. The summed E-state index contributed by atoms with van der Waals surface area (Å²) in [5, 5.41) is 8.22. The Morgan fingerprint density at radius 1 is 1.12 bits per heavy atom. The summed E-state index contributed by atoms with van der Waals surface area (Å²) in [6.07, 6.45) is 4.32. The zero-order valence-corrected chi connectivity index (χ0v) is 13.8. The summed E-state index contributed by atoms with van der Waals surface area (Å²) in [5.41, 5.74) is 1.72. The fourth-order valence-corrected chi connectivity index (χ4v) is 2.28. The van der Waals surface area contributed by atoms with Crippen LogP contribution in [0.5, 0.6) is 0 Å². The van der Waals surface area contributed by atoms with Gasteiger partial charge in [0.1, 0.15) is 5.76 Å². The van der Waals surface area contributed by atoms with E-state index in [1.807, 2.05) is 36.4 Å². The third kappa shape index (κ3) is 6.16. The molecule has 0 saturated carbocycles. The van der Waals surface area contributed by atoms with Crippen LogP contribution in [0, 0.1) is 0 Å². The number of amides is 3. The number of aryl methyl sites for hydroxylation is 2. The van der Waals surface area contributed by atoms with Crippen molar-refractivity contribution in [1.29, 1.82) is 0 Å². The summed E-state index contributed by atoms with van der Waals surface area (Å²) in [7, 11) is 1.62. The molecule has 6 heteroatoms. The van der Waals surface area contributed by atoms with Gasteiger partial charge in [-0.3, -0.25) is 4.79 Å². The number of anilines is 1. The van der Waals surface area contributed by atoms with Gasteiger partial charge in [-0.05, 0) is 42.7 Å². The quantitative estimate of drug-likeness (QED) is 0.651. The first-order chi connectivity index (χ1) is 11.7. The van der Waals surface area contributed by atoms with Gasteiger partial charge in [0.25, 0.3) is 0 Å². The van der Waals surface area contributed by atoms with Gasteiger partial charge in [0.2, 0.25) is 5.91 Å². The van der Waals surface area contributed by atoms with Gasteiger partial charge >= 0.3 is 6.03 Å². The van der Waals surface area contributed by atoms with Crippen LogP contribution in [0.1, 0.15) is 24.2 Å². The van der Waals surface area contributed by atoms with Gasteiger partial charge in [-0.25, -0.2) is 4.79 Å². The number of carbonyl (C=O) groups is 2. The highest BCUT2D eigenvalue weighted by atomic mass is 16.3. The van der Waals surface area contributed by atoms with Crippen LogP contribution in [0.2, 0.25) is 0 Å². The monoisotopic (exact) mass is 329 g/mol. The van der Waals surface area contributed by atoms with Crippen LogP contribution in [-0.4, -0.2) is 25.5 Å². The topological polar surface area (TPSA) is 83.4 Å². The molecule has 128 valence electrons. The van der Waals surface area contributed by atoms with Crippen molar-refractivity contribution >= 4 is 17.6 Å². The van der Waals surface area contributed by atoms with Crippen LogP contribution < -0.4 is 16.0 Å². The number of nitrogens with one attached hydrogen (secondary N) is 3. The minimum atomic E-state index is -0.238. The second-order valence-electron chi connectivity index (χ2n) is 5.44. The number of furan rings is 1. The number of rotatable bonds is 8. The van der Waals surface area contributed by atoms with Crippen molar-refractivity contribution in [3.05, 3.63) is 54.0 Å². The van der Waals surface area contributed by atoms with Gasteiger partial charge in [-0.1, -0.05) is 12.1 Å². The van der Waals surface area contributed by atoms with E-state index in [0.717, 1.165) is 24.2 Å². The lowest BCUT2D eigenvalue weighted by Crippen LogP contribution is -2.29. The molecule has 0 spiro atoms. The van der Waals surface area contributed by atoms with Crippen LogP contribution in [0.3, 0.4) is 0 Å². The Morgan fingerprint density at radius 3 is 2.75 bits per heavy atom. The molecule has 0 saturated heterocycles. The summed E-state index contributed by atoms with van der Waals surface area (Å²) in [6, 6.07) is 11.0. The van der Waals surface area contributed by atoms with Crippen molar-refractivity contribution in [2.45, 2.75) is 25.7 Å². The van der Waals surface area contributed by atoms with Gasteiger partial charge < -0.3 is 20.4 Å². The molecule has 1 aromatic carbocycles. The Labute approximate surface area is 141 Å². The van der Waals surface area contributed by atoms with Gasteiger partial charge in [0.05, 0.1) is 6.26 Å². The molecule has 3 amide bonds. The smallest absolute Gasteiger partial charge is 0.319 e. The molecule has 0 aliphatic heterocycles. The molecule has 0 atom stereocenters. The minimum absolute atomic E-state index is 0.00247. The molecule has 24 heavy (non-hydrogen) atoms. The summed E-state index contributed by atoms with van der Waals surface area (Å²) in [5.74, 6) is 0.920. The van der Waals surface area contributed by atoms with E-state index in [1.165, 1.54) is 0 Å². The molecule has 2 aromatic rings. The van der Waals surface area contributed by atoms with Crippen LogP contribution in [0.25, 0.3) is 0 Å². The summed E-state index contributed by atoms with van der Waals surface area (Å²) < 4.78 is 5.24. The lowest BCUT2D eigenvalue weighted by Gasteiger charge is -2.09. The fraction of sp³-hybridized carbons (Fsp3) is 0.333. The predicted octanol–water partition coefficient (Wildman–Crippen LogP) is 2.71. The fourth-order valence-electron chi connectivity index (χ4n) is 2.28. The molecule has 6 nitrogen and oxygen atoms in total. The average molecular weight is 329 g/mol. The maximum Gasteiger partial charge on any atom is 0.319 e. The molecule has 0 aliphatic carbocycles. The standard InChI is InChI=1S/C18H23N3O3/c1-19-17(22)10-9-14-5-2-6-15(13-14)21-18(23)20-11-3-7-16-8-4-12-24-16/h2,4-6,8,12-13H,3,7,9-11H2,1H3,(H,19,22)(H2,20,21,23). The molecule has 0 unspecified atom stereocenters. The Balaban J connectivity index is 1.71. The van der Waals surface area contributed by atoms with E-state index < -0.39 is 0 Å². The zero-order valence-electron chi connectivity index (χ0n) is 13.8. The number of urea groups is 1. The minimum Gasteiger partial charge on any atom is -0.469 e. The van der Waals surface area contributed by atoms with E-state index in [0.29, 0.717) is 25.1 Å². The Kier molecular flexibility index (Phi) is 6.89. The van der Waals surface area contributed by atoms with Gasteiger partial charge in [0.15, 0.2) is 0 Å². The first kappa shape index (κ1) is 17.6. The lowest BCUT2D eigenvalue weighted by molar-refractivity contribution is -0.120. The normalized spacial score (nSPS) is 10.2. The highest BCUT2D eigenvalue weighted by Crippen LogP contribution is 2.12. The first-order valence-electron chi connectivity index (χ1n) is 8.04. The van der Waals surface area contributed by atoms with Crippen LogP contribution in [0.15, 0.2) is 47.1 Å². The highest BCUT2D eigenvalue weighted by molar-refractivity contribution is 5.89. The molecule has 1 aromatic heterocycles. The van der Waals surface area contributed by atoms with E-state index in [2.05, 4.69) is 16.0 Å². The molecular formula is C18H23N3O3. The number of hydrogen-bond acceptors (Lipinski definition) is 3. The second kappa shape index (κ2) is 9.39. The Bertz CT molecular complexity index is 653. The molecule has 0 aliphatic rings. The SMILES string of the molecule is CNC(=O)CCc1cccc(NC(=O)NCCCc2ccco2)c1. The maximum atomic E-state index is 11.9. The summed E-state index contributed by atoms with van der Waals surface area (Å²) in [4.78, 5) is 23.2. The van der Waals surface area contributed by atoms with Crippen LogP contribution in [-0.2, 0) is 17.6 Å². The molecule has 0 bridgehead atoms. The van der Waals surface area contributed by atoms with Gasteiger partial charge in [0, 0.05) is 32.1 Å². The molecular weight excluding hydrogens is 306 g/mol. The van der Waals surface area contributed by atoms with Gasteiger partial charge in [-0.2, -0.15) is 0 Å². The van der Waals surface area contributed by atoms with E-state index in [-0.39, 0.29) is 11.9 Å². The molecule has 1 heterocycles. The van der Waals surface area contributed by atoms with Gasteiger partial charge in [-0.15, -0.1) is 0 Å². The van der Waals surface area contributed by atoms with E-state index in [9.17, 15) is 9.59 Å². The van der Waals surface area contributed by atoms with E-state index in [1.54, 1.807) is 13.3 Å². The molecule has 3 N–H and O–H groups in total. The summed E-state index contributed by atoms with van der Waals surface area (Å²) >= 11 is 0. The average Bonchev–Trinajstić information content (AvgIpc) is 3.10. The number of hydrogen-bond donors (Lipinski definition) is 3. The van der Waals surface area contributed by atoms with Crippen molar-refractivity contribution in [1.82, 2.24) is 10.6 Å². The summed E-state index contributed by atoms with van der Waals surface area (Å²) in [6.45, 7) is 0.572. The maximum absolute atomic E-state index is 11.9. The van der Waals surface area contributed by atoms with E-state index >= 15 is 0 Å². The zero-order chi connectivity index (χ0) is 17.2. The predicted molar refractivity (Wildman–Crippen MR) is 92.9 cm³/mol.